The summed E-state index contributed by atoms with van der Waals surface area (Å²) < 4.78 is 43.6. The summed E-state index contributed by atoms with van der Waals surface area (Å²) in [5.41, 5.74) is 5.25. The number of nitrogens with two attached hydrogens (primary N) is 1. The minimum atomic E-state index is -4.68. The van der Waals surface area contributed by atoms with Crippen LogP contribution in [0.25, 0.3) is 0 Å². The van der Waals surface area contributed by atoms with Crippen LogP contribution in [0.1, 0.15) is 5.82 Å². The van der Waals surface area contributed by atoms with Crippen LogP contribution in [0.15, 0.2) is 6.07 Å². The first-order chi connectivity index (χ1) is 9.82. The predicted octanol–water partition coefficient (Wildman–Crippen LogP) is 0.228. The first-order valence-electron chi connectivity index (χ1n) is 6.10. The normalized spacial score (nSPS) is 19.4. The highest BCUT2D eigenvalue weighted by molar-refractivity contribution is 5.83. The molecule has 0 bridgehead atoms. The van der Waals surface area contributed by atoms with Crippen molar-refractivity contribution in [1.82, 2.24) is 9.97 Å². The molecule has 1 aliphatic rings. The number of anilines is 2. The topological polar surface area (TPSA) is 93.4 Å². The lowest BCUT2D eigenvalue weighted by atomic mass is 10.2. The van der Waals surface area contributed by atoms with Crippen LogP contribution in [0, 0.1) is 0 Å². The minimum absolute atomic E-state index is 0.00189. The molecule has 21 heavy (non-hydrogen) atoms. The number of amides is 1. The summed E-state index contributed by atoms with van der Waals surface area (Å²) in [6.07, 6.45) is -4.68. The summed E-state index contributed by atoms with van der Waals surface area (Å²) >= 11 is 0. The molecule has 3 N–H and O–H groups in total. The molecule has 1 atom stereocenters. The molecule has 0 radical (unpaired) electrons. The third-order valence-corrected chi connectivity index (χ3v) is 2.97. The molecule has 1 aromatic heterocycles. The molecule has 1 unspecified atom stereocenters. The van der Waals surface area contributed by atoms with E-state index in [4.69, 9.17) is 10.5 Å². The van der Waals surface area contributed by atoms with Gasteiger partial charge in [0, 0.05) is 19.7 Å². The van der Waals surface area contributed by atoms with Gasteiger partial charge in [0.15, 0.2) is 0 Å². The second-order valence-corrected chi connectivity index (χ2v) is 4.37. The van der Waals surface area contributed by atoms with E-state index in [9.17, 15) is 18.0 Å². The number of primary amides is 1. The third-order valence-electron chi connectivity index (χ3n) is 2.97. The molecule has 0 saturated carbocycles. The summed E-state index contributed by atoms with van der Waals surface area (Å²) in [7, 11) is 1.44. The average Bonchev–Trinajstić information content (AvgIpc) is 2.45. The number of ether oxygens (including phenoxy) is 1. The van der Waals surface area contributed by atoms with Gasteiger partial charge in [0.2, 0.25) is 11.7 Å². The lowest BCUT2D eigenvalue weighted by molar-refractivity contribution is -0.144. The summed E-state index contributed by atoms with van der Waals surface area (Å²) in [5, 5.41) is 2.54. The molecule has 0 aliphatic carbocycles. The van der Waals surface area contributed by atoms with Crippen LogP contribution in [-0.4, -0.2) is 48.7 Å². The fraction of sp³-hybridized carbons (Fsp3) is 0.545. The first kappa shape index (κ1) is 15.3. The first-order valence-corrected chi connectivity index (χ1v) is 6.10. The van der Waals surface area contributed by atoms with Gasteiger partial charge in [0.25, 0.3) is 0 Å². The number of carbonyl (C=O) groups excluding carboxylic acids is 1. The molecule has 0 aromatic carbocycles. The highest BCUT2D eigenvalue weighted by atomic mass is 19.4. The molecule has 10 heteroatoms. The van der Waals surface area contributed by atoms with Gasteiger partial charge < -0.3 is 20.7 Å². The molecule has 7 nitrogen and oxygen atoms in total. The van der Waals surface area contributed by atoms with E-state index in [2.05, 4.69) is 15.3 Å². The van der Waals surface area contributed by atoms with E-state index in [1.165, 1.54) is 18.0 Å². The van der Waals surface area contributed by atoms with Gasteiger partial charge in [-0.15, -0.1) is 0 Å². The lowest BCUT2D eigenvalue weighted by Crippen LogP contribution is -2.53. The van der Waals surface area contributed by atoms with Gasteiger partial charge in [-0.25, -0.2) is 9.97 Å². The highest BCUT2D eigenvalue weighted by Crippen LogP contribution is 2.30. The number of hydrogen-bond donors (Lipinski definition) is 2. The number of hydrogen-bond acceptors (Lipinski definition) is 6. The number of halogens is 3. The van der Waals surface area contributed by atoms with Crippen molar-refractivity contribution in [3.8, 4) is 0 Å². The van der Waals surface area contributed by atoms with Crippen molar-refractivity contribution in [3.05, 3.63) is 11.9 Å². The van der Waals surface area contributed by atoms with Crippen LogP contribution >= 0.6 is 0 Å². The molecule has 2 heterocycles. The standard InChI is InChI=1S/C11H14F3N5O2/c1-16-7-4-8(18-10(17-7)11(12,13)14)19-2-3-21-5-6(19)9(15)20/h4,6H,2-3,5H2,1H3,(H2,15,20)(H,16,17,18). The largest absolute Gasteiger partial charge is 0.451 e. The molecular weight excluding hydrogens is 291 g/mol. The maximum Gasteiger partial charge on any atom is 0.451 e. The van der Waals surface area contributed by atoms with Crippen LogP contribution in [0.3, 0.4) is 0 Å². The van der Waals surface area contributed by atoms with Crippen molar-refractivity contribution in [2.75, 3.05) is 37.0 Å². The van der Waals surface area contributed by atoms with Gasteiger partial charge in [-0.05, 0) is 0 Å². The van der Waals surface area contributed by atoms with Crippen molar-refractivity contribution in [2.24, 2.45) is 5.73 Å². The molecule has 1 aliphatic heterocycles. The lowest BCUT2D eigenvalue weighted by Gasteiger charge is -2.34. The van der Waals surface area contributed by atoms with Gasteiger partial charge >= 0.3 is 6.18 Å². The maximum absolute atomic E-state index is 12.8. The Kier molecular flexibility index (Phi) is 4.16. The van der Waals surface area contributed by atoms with Crippen molar-refractivity contribution in [2.45, 2.75) is 12.2 Å². The Bertz CT molecular complexity index is 537. The van der Waals surface area contributed by atoms with Gasteiger partial charge in [0.05, 0.1) is 13.2 Å². The molecule has 1 amide bonds. The quantitative estimate of drug-likeness (QED) is 0.830. The van der Waals surface area contributed by atoms with Gasteiger partial charge in [0.1, 0.15) is 17.7 Å². The predicted molar refractivity (Wildman–Crippen MR) is 67.7 cm³/mol. The Balaban J connectivity index is 2.43. The van der Waals surface area contributed by atoms with Crippen molar-refractivity contribution < 1.29 is 22.7 Å². The number of rotatable bonds is 3. The molecular formula is C11H14F3N5O2. The minimum Gasteiger partial charge on any atom is -0.377 e. The van der Waals surface area contributed by atoms with E-state index in [-0.39, 0.29) is 31.4 Å². The van der Waals surface area contributed by atoms with Gasteiger partial charge in [-0.1, -0.05) is 0 Å². The number of carbonyl (C=O) groups is 1. The van der Waals surface area contributed by atoms with Crippen LogP contribution in [0.5, 0.6) is 0 Å². The second-order valence-electron chi connectivity index (χ2n) is 4.37. The molecule has 116 valence electrons. The zero-order chi connectivity index (χ0) is 15.6. The molecule has 0 spiro atoms. The third kappa shape index (κ3) is 3.32. The Morgan fingerprint density at radius 3 is 2.81 bits per heavy atom. The monoisotopic (exact) mass is 305 g/mol. The second kappa shape index (κ2) is 5.72. The number of nitrogens with one attached hydrogen (secondary N) is 1. The Labute approximate surface area is 118 Å². The number of alkyl halides is 3. The zero-order valence-corrected chi connectivity index (χ0v) is 11.1. The number of morpholine rings is 1. The summed E-state index contributed by atoms with van der Waals surface area (Å²) in [4.78, 5) is 19.6. The van der Waals surface area contributed by atoms with E-state index in [1.807, 2.05) is 0 Å². The highest BCUT2D eigenvalue weighted by Gasteiger charge is 2.37. The van der Waals surface area contributed by atoms with Crippen LogP contribution in [0.2, 0.25) is 0 Å². The van der Waals surface area contributed by atoms with Crippen LogP contribution in [-0.2, 0) is 15.7 Å². The van der Waals surface area contributed by atoms with Crippen molar-refractivity contribution >= 4 is 17.5 Å². The molecule has 1 aromatic rings. The summed E-state index contributed by atoms with van der Waals surface area (Å²) in [5.74, 6) is -1.98. The number of aromatic nitrogens is 2. The molecule has 1 saturated heterocycles. The fourth-order valence-electron chi connectivity index (χ4n) is 1.95. The van der Waals surface area contributed by atoms with Gasteiger partial charge in [-0.3, -0.25) is 4.79 Å². The van der Waals surface area contributed by atoms with Crippen molar-refractivity contribution in [1.29, 1.82) is 0 Å². The van der Waals surface area contributed by atoms with Crippen LogP contribution in [0.4, 0.5) is 24.8 Å². The molecule has 2 rings (SSSR count). The zero-order valence-electron chi connectivity index (χ0n) is 11.1. The van der Waals surface area contributed by atoms with E-state index < -0.39 is 23.9 Å². The number of nitrogens with zero attached hydrogens (tertiary/aromatic N) is 3. The molecule has 1 fully saturated rings. The average molecular weight is 305 g/mol. The van der Waals surface area contributed by atoms with Crippen LogP contribution < -0.4 is 16.0 Å². The maximum atomic E-state index is 12.8. The van der Waals surface area contributed by atoms with E-state index in [0.717, 1.165) is 0 Å². The van der Waals surface area contributed by atoms with E-state index >= 15 is 0 Å². The Hall–Kier alpha value is -2.10. The van der Waals surface area contributed by atoms with Crippen molar-refractivity contribution in [3.63, 3.8) is 0 Å². The van der Waals surface area contributed by atoms with E-state index in [1.54, 1.807) is 0 Å². The SMILES string of the molecule is CNc1cc(N2CCOCC2C(N)=O)nc(C(F)(F)F)n1. The summed E-state index contributed by atoms with van der Waals surface area (Å²) in [6.45, 7) is 0.491. The summed E-state index contributed by atoms with van der Waals surface area (Å²) in [6, 6.07) is 0.468. The smallest absolute Gasteiger partial charge is 0.377 e. The van der Waals surface area contributed by atoms with Gasteiger partial charge in [-0.2, -0.15) is 13.2 Å². The Morgan fingerprint density at radius 1 is 1.52 bits per heavy atom. The fourth-order valence-corrected chi connectivity index (χ4v) is 1.95. The Morgan fingerprint density at radius 2 is 2.24 bits per heavy atom. The van der Waals surface area contributed by atoms with E-state index in [0.29, 0.717) is 0 Å².